The van der Waals surface area contributed by atoms with Crippen molar-refractivity contribution < 1.29 is 14.3 Å². The lowest BCUT2D eigenvalue weighted by Crippen LogP contribution is -2.16. The van der Waals surface area contributed by atoms with Crippen LogP contribution in [0.2, 0.25) is 0 Å². The first-order chi connectivity index (χ1) is 10.6. The van der Waals surface area contributed by atoms with E-state index in [4.69, 9.17) is 4.74 Å². The molecule has 1 atom stereocenters. The number of methoxy groups -OCH3 is 1. The Labute approximate surface area is 130 Å². The van der Waals surface area contributed by atoms with Gasteiger partial charge in [0, 0.05) is 18.4 Å². The number of ether oxygens (including phenoxy) is 2. The summed E-state index contributed by atoms with van der Waals surface area (Å²) in [6, 6.07) is 5.59. The average molecular weight is 303 g/mol. The van der Waals surface area contributed by atoms with Crippen LogP contribution in [-0.4, -0.2) is 33.2 Å². The Hall–Kier alpha value is -2.50. The van der Waals surface area contributed by atoms with Gasteiger partial charge < -0.3 is 14.8 Å². The van der Waals surface area contributed by atoms with E-state index in [0.717, 1.165) is 29.9 Å². The second-order valence-corrected chi connectivity index (χ2v) is 5.02. The van der Waals surface area contributed by atoms with Crippen molar-refractivity contribution in [3.8, 4) is 5.75 Å². The topological polar surface area (TPSA) is 72.0 Å². The molecule has 0 aliphatic carbocycles. The number of carbonyl (C=O) groups is 1. The highest BCUT2D eigenvalue weighted by Gasteiger charge is 2.22. The number of nitrogens with zero attached hydrogens (tertiary/aromatic N) is 1. The van der Waals surface area contributed by atoms with Gasteiger partial charge in [-0.05, 0) is 42.5 Å². The monoisotopic (exact) mass is 303 g/mol. The number of amides is 1. The van der Waals surface area contributed by atoms with Crippen molar-refractivity contribution in [2.45, 2.75) is 18.8 Å². The van der Waals surface area contributed by atoms with E-state index < -0.39 is 6.09 Å². The maximum Gasteiger partial charge on any atom is 0.411 e. The van der Waals surface area contributed by atoms with E-state index in [0.29, 0.717) is 12.3 Å². The van der Waals surface area contributed by atoms with E-state index in [-0.39, 0.29) is 5.92 Å². The Morgan fingerprint density at radius 1 is 1.59 bits per heavy atom. The number of carbonyl (C=O) groups excluding carboxylic acids is 1. The molecule has 1 heterocycles. The van der Waals surface area contributed by atoms with Crippen molar-refractivity contribution in [2.24, 2.45) is 4.99 Å². The van der Waals surface area contributed by atoms with Gasteiger partial charge in [-0.15, -0.1) is 0 Å². The molecule has 1 aliphatic rings. The van der Waals surface area contributed by atoms with E-state index in [1.807, 2.05) is 12.1 Å². The van der Waals surface area contributed by atoms with Crippen molar-refractivity contribution in [1.82, 2.24) is 5.32 Å². The molecule has 0 spiro atoms. The van der Waals surface area contributed by atoms with Crippen molar-refractivity contribution in [3.05, 3.63) is 36.0 Å². The standard InChI is InChI=1S/C16H21N3O3/c1-11(18-10-17-2)8-12-6-7-22-15-5-4-13(9-14(12)15)19-16(20)21-3/h4-5,9-10,12H,1,6-8H2,2-3H3,(H,17,18)(H,19,20). The van der Waals surface area contributed by atoms with Crippen LogP contribution < -0.4 is 15.4 Å². The molecule has 2 N–H and O–H groups in total. The van der Waals surface area contributed by atoms with Crippen molar-refractivity contribution >= 4 is 18.1 Å². The molecule has 1 aromatic rings. The predicted octanol–water partition coefficient (Wildman–Crippen LogP) is 2.88. The average Bonchev–Trinajstić information content (AvgIpc) is 2.53. The molecule has 22 heavy (non-hydrogen) atoms. The van der Waals surface area contributed by atoms with Gasteiger partial charge in [0.2, 0.25) is 0 Å². The van der Waals surface area contributed by atoms with Crippen molar-refractivity contribution in [1.29, 1.82) is 0 Å². The second-order valence-electron chi connectivity index (χ2n) is 5.02. The molecule has 0 radical (unpaired) electrons. The summed E-state index contributed by atoms with van der Waals surface area (Å²) in [7, 11) is 3.13. The zero-order chi connectivity index (χ0) is 15.9. The van der Waals surface area contributed by atoms with Gasteiger partial charge >= 0.3 is 6.09 Å². The van der Waals surface area contributed by atoms with Crippen LogP contribution in [0, 0.1) is 0 Å². The smallest absolute Gasteiger partial charge is 0.411 e. The molecule has 0 fully saturated rings. The zero-order valence-electron chi connectivity index (χ0n) is 12.9. The molecule has 1 aliphatic heterocycles. The van der Waals surface area contributed by atoms with Gasteiger partial charge in [-0.2, -0.15) is 0 Å². The van der Waals surface area contributed by atoms with E-state index in [1.54, 1.807) is 19.5 Å². The number of rotatable bonds is 5. The van der Waals surface area contributed by atoms with Gasteiger partial charge in [0.15, 0.2) is 0 Å². The molecule has 118 valence electrons. The van der Waals surface area contributed by atoms with Crippen LogP contribution in [0.5, 0.6) is 5.75 Å². The maximum atomic E-state index is 11.3. The highest BCUT2D eigenvalue weighted by atomic mass is 16.5. The number of hydrogen-bond acceptors (Lipinski definition) is 4. The summed E-state index contributed by atoms with van der Waals surface area (Å²) in [6.45, 7) is 4.65. The normalized spacial score (nSPS) is 16.5. The minimum Gasteiger partial charge on any atom is -0.493 e. The largest absolute Gasteiger partial charge is 0.493 e. The maximum absolute atomic E-state index is 11.3. The summed E-state index contributed by atoms with van der Waals surface area (Å²) in [5.41, 5.74) is 2.55. The van der Waals surface area contributed by atoms with Crippen LogP contribution in [0.25, 0.3) is 0 Å². The van der Waals surface area contributed by atoms with Crippen molar-refractivity contribution in [3.63, 3.8) is 0 Å². The highest BCUT2D eigenvalue weighted by molar-refractivity contribution is 5.84. The summed E-state index contributed by atoms with van der Waals surface area (Å²) in [5.74, 6) is 1.11. The quantitative estimate of drug-likeness (QED) is 0.648. The van der Waals surface area contributed by atoms with E-state index in [9.17, 15) is 4.79 Å². The number of allylic oxidation sites excluding steroid dienone is 1. The SMILES string of the molecule is C=C(CC1CCOc2ccc(NC(=O)OC)cc21)/N=C\NC. The van der Waals surface area contributed by atoms with Crippen LogP contribution in [-0.2, 0) is 4.74 Å². The fraction of sp³-hybridized carbons (Fsp3) is 0.375. The summed E-state index contributed by atoms with van der Waals surface area (Å²) >= 11 is 0. The molecule has 0 saturated heterocycles. The van der Waals surface area contributed by atoms with Gasteiger partial charge in [0.1, 0.15) is 5.75 Å². The molecule has 1 aromatic carbocycles. The van der Waals surface area contributed by atoms with Gasteiger partial charge in [0.05, 0.1) is 20.1 Å². The number of nitrogens with one attached hydrogen (secondary N) is 2. The van der Waals surface area contributed by atoms with Gasteiger partial charge in [0.25, 0.3) is 0 Å². The Bertz CT molecular complexity index is 584. The first-order valence-electron chi connectivity index (χ1n) is 7.13. The molecular formula is C16H21N3O3. The third kappa shape index (κ3) is 4.00. The third-order valence-corrected chi connectivity index (χ3v) is 3.46. The second kappa shape index (κ2) is 7.49. The summed E-state index contributed by atoms with van der Waals surface area (Å²) < 4.78 is 10.3. The number of benzene rings is 1. The Morgan fingerprint density at radius 3 is 3.14 bits per heavy atom. The van der Waals surface area contributed by atoms with Gasteiger partial charge in [-0.3, -0.25) is 5.32 Å². The minimum absolute atomic E-state index is 0.268. The minimum atomic E-state index is -0.490. The van der Waals surface area contributed by atoms with Crippen LogP contribution in [0.1, 0.15) is 24.3 Å². The zero-order valence-corrected chi connectivity index (χ0v) is 12.9. The van der Waals surface area contributed by atoms with Gasteiger partial charge in [-0.25, -0.2) is 9.79 Å². The van der Waals surface area contributed by atoms with E-state index in [2.05, 4.69) is 26.9 Å². The third-order valence-electron chi connectivity index (χ3n) is 3.46. The summed E-state index contributed by atoms with van der Waals surface area (Å²) in [5, 5.41) is 5.52. The predicted molar refractivity (Wildman–Crippen MR) is 86.6 cm³/mol. The van der Waals surface area contributed by atoms with E-state index >= 15 is 0 Å². The van der Waals surface area contributed by atoms with Crippen molar-refractivity contribution in [2.75, 3.05) is 26.1 Å². The number of anilines is 1. The highest BCUT2D eigenvalue weighted by Crippen LogP contribution is 2.38. The van der Waals surface area contributed by atoms with Crippen LogP contribution in [0.4, 0.5) is 10.5 Å². The number of aliphatic imine (C=N–C) groups is 1. The summed E-state index contributed by atoms with van der Waals surface area (Å²) in [4.78, 5) is 15.6. The molecule has 0 saturated carbocycles. The molecule has 0 aromatic heterocycles. The lowest BCUT2D eigenvalue weighted by Gasteiger charge is -2.26. The fourth-order valence-electron chi connectivity index (χ4n) is 2.42. The fourth-order valence-corrected chi connectivity index (χ4v) is 2.42. The molecular weight excluding hydrogens is 282 g/mol. The molecule has 2 rings (SSSR count). The number of hydrogen-bond donors (Lipinski definition) is 2. The first kappa shape index (κ1) is 15.9. The van der Waals surface area contributed by atoms with Crippen LogP contribution in [0.15, 0.2) is 35.5 Å². The molecule has 6 nitrogen and oxygen atoms in total. The van der Waals surface area contributed by atoms with Gasteiger partial charge in [-0.1, -0.05) is 6.58 Å². The number of fused-ring (bicyclic) bond motifs is 1. The molecule has 6 heteroatoms. The lowest BCUT2D eigenvalue weighted by atomic mass is 9.89. The van der Waals surface area contributed by atoms with Crippen LogP contribution >= 0.6 is 0 Å². The Balaban J connectivity index is 2.16. The Morgan fingerprint density at radius 2 is 2.41 bits per heavy atom. The first-order valence-corrected chi connectivity index (χ1v) is 7.13. The van der Waals surface area contributed by atoms with Crippen LogP contribution in [0.3, 0.4) is 0 Å². The molecule has 1 unspecified atom stereocenters. The summed E-state index contributed by atoms with van der Waals surface area (Å²) in [6.07, 6.45) is 2.77. The molecule has 0 bridgehead atoms. The Kier molecular flexibility index (Phi) is 5.41. The molecule has 1 amide bonds. The van der Waals surface area contributed by atoms with E-state index in [1.165, 1.54) is 7.11 Å². The lowest BCUT2D eigenvalue weighted by molar-refractivity contribution is 0.187.